The standard InChI is InChI=1S/C46H30O/c1-4-17-31(18-5-1)34-23-10-15-28-40(34)46-44(41-30-16-29-35(45(41)47-46)32-19-6-2-7-20-32)43-38-26-13-11-24-36(38)42(33-21-8-3-9-22-33)37-25-12-14-27-39(37)43/h1-30H/i1D,2D,3D,4D,5D,6D,7D,8D,9D,10D,11D,12D,13D,14D,15D,16D,17D,18D,19D,20D,21D,22D,23D,24D,25D,26D,27D,28D,29D,30D. The van der Waals surface area contributed by atoms with Gasteiger partial charge in [0.05, 0.1) is 41.1 Å². The normalized spacial score (nSPS) is 20.3. The fourth-order valence-electron chi connectivity index (χ4n) is 5.45. The van der Waals surface area contributed by atoms with Crippen LogP contribution in [-0.4, -0.2) is 0 Å². The van der Waals surface area contributed by atoms with Crippen molar-refractivity contribution >= 4 is 32.5 Å². The first kappa shape index (κ1) is 10.4. The minimum Gasteiger partial charge on any atom is -0.455 e. The summed E-state index contributed by atoms with van der Waals surface area (Å²) in [6.07, 6.45) is 0. The van der Waals surface area contributed by atoms with E-state index >= 15 is 0 Å². The summed E-state index contributed by atoms with van der Waals surface area (Å²) in [5.41, 5.74) is -8.95. The molecule has 220 valence electrons. The average Bonchev–Trinajstić information content (AvgIpc) is 3.92. The molecule has 9 aromatic rings. The molecule has 9 rings (SSSR count). The van der Waals surface area contributed by atoms with Gasteiger partial charge in [-0.15, -0.1) is 0 Å². The lowest BCUT2D eigenvalue weighted by Gasteiger charge is -2.18. The van der Waals surface area contributed by atoms with E-state index in [4.69, 9.17) is 33.2 Å². The van der Waals surface area contributed by atoms with E-state index in [1.165, 1.54) is 0 Å². The van der Waals surface area contributed by atoms with Crippen LogP contribution in [-0.2, 0) is 0 Å². The minimum absolute atomic E-state index is 0.786. The van der Waals surface area contributed by atoms with Gasteiger partial charge in [-0.05, 0) is 49.4 Å². The molecule has 0 radical (unpaired) electrons. The second kappa shape index (κ2) is 11.3. The zero-order valence-electron chi connectivity index (χ0n) is 53.4. The smallest absolute Gasteiger partial charge is 0.143 e. The van der Waals surface area contributed by atoms with Crippen molar-refractivity contribution in [2.24, 2.45) is 0 Å². The highest BCUT2D eigenvalue weighted by atomic mass is 16.3. The summed E-state index contributed by atoms with van der Waals surface area (Å²) in [5.74, 6) is -1.07. The number of furan rings is 1. The molecule has 0 N–H and O–H groups in total. The lowest BCUT2D eigenvalue weighted by Crippen LogP contribution is -1.92. The van der Waals surface area contributed by atoms with Gasteiger partial charge in [-0.1, -0.05) is 181 Å². The Morgan fingerprint density at radius 1 is 0.298 bits per heavy atom. The van der Waals surface area contributed by atoms with E-state index in [1.807, 2.05) is 0 Å². The van der Waals surface area contributed by atoms with Crippen LogP contribution in [0.25, 0.3) is 88.3 Å². The topological polar surface area (TPSA) is 13.1 Å². The zero-order chi connectivity index (χ0) is 57.3. The van der Waals surface area contributed by atoms with Crippen LogP contribution >= 0.6 is 0 Å². The highest BCUT2D eigenvalue weighted by molar-refractivity contribution is 6.25. The molecular formula is C46H30O. The lowest BCUT2D eigenvalue weighted by atomic mass is 9.84. The first-order valence-corrected chi connectivity index (χ1v) is 13.7. The van der Waals surface area contributed by atoms with Crippen molar-refractivity contribution in [1.82, 2.24) is 0 Å². The van der Waals surface area contributed by atoms with Crippen molar-refractivity contribution in [2.75, 3.05) is 0 Å². The third kappa shape index (κ3) is 4.47. The molecule has 1 nitrogen and oxygen atoms in total. The monoisotopic (exact) mass is 628 g/mol. The lowest BCUT2D eigenvalue weighted by molar-refractivity contribution is 0.634. The van der Waals surface area contributed by atoms with Crippen LogP contribution in [0.2, 0.25) is 0 Å². The van der Waals surface area contributed by atoms with E-state index in [9.17, 15) is 12.3 Å². The summed E-state index contributed by atoms with van der Waals surface area (Å²) >= 11 is 0. The predicted molar refractivity (Wildman–Crippen MR) is 198 cm³/mol. The Morgan fingerprint density at radius 2 is 0.702 bits per heavy atom. The van der Waals surface area contributed by atoms with E-state index in [-0.39, 0.29) is 0 Å². The van der Waals surface area contributed by atoms with Crippen molar-refractivity contribution in [3.63, 3.8) is 0 Å². The second-order valence-corrected chi connectivity index (χ2v) is 9.76. The third-order valence-electron chi connectivity index (χ3n) is 7.30. The molecule has 0 aliphatic rings. The Labute approximate surface area is 316 Å². The van der Waals surface area contributed by atoms with Crippen molar-refractivity contribution in [3.8, 4) is 55.8 Å². The van der Waals surface area contributed by atoms with Crippen molar-refractivity contribution in [3.05, 3.63) is 181 Å². The molecule has 0 unspecified atom stereocenters. The van der Waals surface area contributed by atoms with Crippen LogP contribution in [0.1, 0.15) is 41.1 Å². The number of fused-ring (bicyclic) bond motifs is 3. The third-order valence-corrected chi connectivity index (χ3v) is 7.30. The van der Waals surface area contributed by atoms with Crippen LogP contribution in [0, 0.1) is 0 Å². The average molecular weight is 629 g/mol. The maximum absolute atomic E-state index is 9.64. The van der Waals surface area contributed by atoms with Crippen molar-refractivity contribution in [1.29, 1.82) is 0 Å². The number of para-hydroxylation sites is 1. The molecule has 1 aromatic heterocycles. The van der Waals surface area contributed by atoms with Crippen molar-refractivity contribution < 1.29 is 45.5 Å². The summed E-state index contributed by atoms with van der Waals surface area (Å²) in [4.78, 5) is 0. The van der Waals surface area contributed by atoms with E-state index in [0.717, 1.165) is 0 Å². The molecule has 0 aliphatic heterocycles. The molecule has 0 atom stereocenters. The summed E-state index contributed by atoms with van der Waals surface area (Å²) < 4.78 is 276. The first-order valence-electron chi connectivity index (χ1n) is 28.7. The second-order valence-electron chi connectivity index (χ2n) is 9.76. The maximum Gasteiger partial charge on any atom is 0.143 e. The zero-order valence-corrected chi connectivity index (χ0v) is 23.4. The van der Waals surface area contributed by atoms with Gasteiger partial charge in [0.2, 0.25) is 0 Å². The molecule has 0 saturated heterocycles. The first-order chi connectivity index (χ1) is 35.8. The Morgan fingerprint density at radius 3 is 1.28 bits per heavy atom. The summed E-state index contributed by atoms with van der Waals surface area (Å²) in [6.45, 7) is 0. The Bertz CT molecular complexity index is 4100. The molecule has 0 bridgehead atoms. The molecule has 0 amide bonds. The van der Waals surface area contributed by atoms with Gasteiger partial charge in [0.25, 0.3) is 0 Å². The number of hydrogen-bond donors (Lipinski definition) is 0. The molecule has 0 aliphatic carbocycles. The van der Waals surface area contributed by atoms with E-state index in [2.05, 4.69) is 0 Å². The molecule has 0 saturated carbocycles. The largest absolute Gasteiger partial charge is 0.455 e. The van der Waals surface area contributed by atoms with Gasteiger partial charge >= 0.3 is 0 Å². The molecule has 0 fully saturated rings. The Hall–Kier alpha value is -6.18. The molecule has 47 heavy (non-hydrogen) atoms. The SMILES string of the molecule is [2H]c1c([2H])c([2H])c(-c2c([2H])c([2H])c([2H])c([2H])c2-c2oc3c(-c4c([2H])c([2H])c([2H])c([2H])c4[2H])c([2H])c([2H])c([2H])c3c2-c2c3c([2H])c([2H])c([2H])c([2H])c3c(-c3c([2H])c([2H])c([2H])c([2H])c3[2H])c3c([2H])c([2H])c([2H])c([2H])c23)c([2H])c1[2H]. The number of hydrogen-bond acceptors (Lipinski definition) is 1. The molecule has 0 spiro atoms. The molecule has 8 aromatic carbocycles. The predicted octanol–water partition coefficient (Wildman–Crippen LogP) is 13.1. The van der Waals surface area contributed by atoms with E-state index in [1.54, 1.807) is 0 Å². The fraction of sp³-hybridized carbons (Fsp3) is 0. The Balaban J connectivity index is 1.75. The summed E-state index contributed by atoms with van der Waals surface area (Å²) in [5, 5.41) is -4.25. The Kier molecular flexibility index (Phi) is 2.51. The molecule has 1 heterocycles. The fourth-order valence-corrected chi connectivity index (χ4v) is 5.45. The number of benzene rings is 8. The van der Waals surface area contributed by atoms with Gasteiger partial charge < -0.3 is 4.42 Å². The van der Waals surface area contributed by atoms with Crippen LogP contribution in [0.5, 0.6) is 0 Å². The van der Waals surface area contributed by atoms with E-state index < -0.39 is 270 Å². The quantitative estimate of drug-likeness (QED) is 0.173. The van der Waals surface area contributed by atoms with Gasteiger partial charge in [-0.3, -0.25) is 0 Å². The van der Waals surface area contributed by atoms with E-state index in [0.29, 0.717) is 0 Å². The van der Waals surface area contributed by atoms with Crippen LogP contribution in [0.3, 0.4) is 0 Å². The highest BCUT2D eigenvalue weighted by Crippen LogP contribution is 2.51. The molecular weight excluding hydrogens is 569 g/mol. The van der Waals surface area contributed by atoms with Gasteiger partial charge in [0, 0.05) is 27.6 Å². The van der Waals surface area contributed by atoms with Gasteiger partial charge in [-0.2, -0.15) is 0 Å². The summed E-state index contributed by atoms with van der Waals surface area (Å²) in [7, 11) is 0. The summed E-state index contributed by atoms with van der Waals surface area (Å²) in [6, 6.07) is -31.5. The van der Waals surface area contributed by atoms with Gasteiger partial charge in [0.15, 0.2) is 0 Å². The van der Waals surface area contributed by atoms with Crippen LogP contribution < -0.4 is 0 Å². The van der Waals surface area contributed by atoms with Crippen molar-refractivity contribution in [2.45, 2.75) is 0 Å². The molecule has 1 heteroatoms. The number of rotatable bonds is 5. The highest BCUT2D eigenvalue weighted by Gasteiger charge is 2.26. The van der Waals surface area contributed by atoms with Crippen LogP contribution in [0.15, 0.2) is 186 Å². The van der Waals surface area contributed by atoms with Crippen LogP contribution in [0.4, 0.5) is 0 Å². The van der Waals surface area contributed by atoms with Gasteiger partial charge in [-0.25, -0.2) is 0 Å². The van der Waals surface area contributed by atoms with Gasteiger partial charge in [0.1, 0.15) is 11.3 Å². The maximum atomic E-state index is 9.64. The minimum atomic E-state index is -1.17.